The number of rotatable bonds is 63. The van der Waals surface area contributed by atoms with Crippen molar-refractivity contribution in [3.8, 4) is 0 Å². The maximum atomic E-state index is 15.7. The molecule has 0 saturated carbocycles. The van der Waals surface area contributed by atoms with Gasteiger partial charge in [0.2, 0.25) is 11.8 Å². The Morgan fingerprint density at radius 1 is 0.315 bits per heavy atom. The number of nitrogens with zero attached hydrogens (tertiary/aromatic N) is 6. The molecular weight excluding hydrogens is 1610 g/mol. The zero-order chi connectivity index (χ0) is 88.8. The van der Waals surface area contributed by atoms with E-state index in [2.05, 4.69) is 10.6 Å². The molecule has 7 aromatic rings. The molecule has 0 aromatic heterocycles. The molecule has 1 aliphatic heterocycles. The van der Waals surface area contributed by atoms with Gasteiger partial charge in [-0.3, -0.25) is 77.3 Å². The van der Waals surface area contributed by atoms with Crippen molar-refractivity contribution in [3.63, 3.8) is 0 Å². The molecule has 1 heterocycles. The number of carbonyl (C=O) groups excluding carboxylic acids is 2. The van der Waals surface area contributed by atoms with Gasteiger partial charge in [-0.05, 0) is 38.9 Å². The second-order valence-corrected chi connectivity index (χ2v) is 29.6. The fraction of sp³-hybridized carbons (Fsp3) is 0.416. The molecule has 0 aliphatic carbocycles. The lowest BCUT2D eigenvalue weighted by Gasteiger charge is -2.48. The highest BCUT2D eigenvalue weighted by molar-refractivity contribution is 5.80. The van der Waals surface area contributed by atoms with Crippen LogP contribution in [0, 0.1) is 0 Å². The number of aliphatic carboxylic acids is 8. The molecule has 0 radical (unpaired) electrons. The van der Waals surface area contributed by atoms with Gasteiger partial charge in [-0.25, -0.2) is 0 Å². The number of nitrogens with one attached hydrogen (secondary N) is 2. The van der Waals surface area contributed by atoms with Crippen molar-refractivity contribution in [1.29, 1.82) is 0 Å². The molecule has 0 unspecified atom stereocenters. The van der Waals surface area contributed by atoms with Crippen LogP contribution in [0.5, 0.6) is 0 Å². The van der Waals surface area contributed by atoms with E-state index in [-0.39, 0.29) is 112 Å². The van der Waals surface area contributed by atoms with Crippen LogP contribution in [0.2, 0.25) is 0 Å². The summed E-state index contributed by atoms with van der Waals surface area (Å²) >= 11 is 0. The van der Waals surface area contributed by atoms with Crippen LogP contribution in [0.1, 0.15) is 38.9 Å². The normalized spacial score (nSPS) is 16.2. The van der Waals surface area contributed by atoms with Crippen LogP contribution in [-0.2, 0) is 137 Å². The van der Waals surface area contributed by atoms with E-state index in [1.54, 1.807) is 30.3 Å². The summed E-state index contributed by atoms with van der Waals surface area (Å²) in [5, 5.41) is 85.7. The van der Waals surface area contributed by atoms with Crippen LogP contribution < -0.4 is 10.6 Å². The van der Waals surface area contributed by atoms with Gasteiger partial charge in [0.1, 0.15) is 42.7 Å². The molecule has 9 atom stereocenters. The average molecular weight is 1720 g/mol. The molecule has 2 amide bonds. The third-order valence-electron chi connectivity index (χ3n) is 19.6. The van der Waals surface area contributed by atoms with E-state index in [0.717, 1.165) is 26.5 Å². The fourth-order valence-corrected chi connectivity index (χ4v) is 13.8. The zero-order valence-electron chi connectivity index (χ0n) is 68.7. The Hall–Kier alpha value is -11.4. The maximum Gasteiger partial charge on any atom is 0.317 e. The molecule has 10 N–H and O–H groups in total. The number of ether oxygens (including phenoxy) is 9. The van der Waals surface area contributed by atoms with Crippen molar-refractivity contribution in [1.82, 2.24) is 40.0 Å². The first-order chi connectivity index (χ1) is 59.9. The number of carboxylic acid groups (broad SMARTS) is 8. The van der Waals surface area contributed by atoms with Crippen molar-refractivity contribution in [2.45, 2.75) is 101 Å². The maximum absolute atomic E-state index is 15.7. The Bertz CT molecular complexity index is 4320. The topological polar surface area (TPSA) is 459 Å². The van der Waals surface area contributed by atoms with E-state index < -0.39 is 187 Å². The summed E-state index contributed by atoms with van der Waals surface area (Å²) in [4.78, 5) is 136. The highest BCUT2D eigenvalue weighted by atomic mass is 16.7. The summed E-state index contributed by atoms with van der Waals surface area (Å²) in [6, 6.07) is 61.0. The number of carbonyl (C=O) groups is 10. The molecule has 35 nitrogen and oxygen atoms in total. The summed E-state index contributed by atoms with van der Waals surface area (Å²) in [5.74, 6) is -12.4. The predicted molar refractivity (Wildman–Crippen MR) is 445 cm³/mol. The van der Waals surface area contributed by atoms with Crippen LogP contribution >= 0.6 is 0 Å². The zero-order valence-corrected chi connectivity index (χ0v) is 68.7. The third-order valence-corrected chi connectivity index (χ3v) is 19.6. The Kier molecular flexibility index (Phi) is 43.0. The van der Waals surface area contributed by atoms with E-state index in [9.17, 15) is 79.2 Å². The van der Waals surface area contributed by atoms with Gasteiger partial charge in [-0.15, -0.1) is 0 Å². The Morgan fingerprint density at radius 2 is 0.597 bits per heavy atom. The molecule has 0 bridgehead atoms. The molecule has 124 heavy (non-hydrogen) atoms. The quantitative estimate of drug-likeness (QED) is 0.0250. The Balaban J connectivity index is 1.29. The van der Waals surface area contributed by atoms with Crippen LogP contribution in [0.25, 0.3) is 0 Å². The highest BCUT2D eigenvalue weighted by Crippen LogP contribution is 2.33. The third kappa shape index (κ3) is 38.2. The number of hydrogen-bond donors (Lipinski definition) is 10. The van der Waals surface area contributed by atoms with Crippen LogP contribution in [-0.4, -0.2) is 322 Å². The van der Waals surface area contributed by atoms with E-state index in [1.165, 1.54) is 19.6 Å². The summed E-state index contributed by atoms with van der Waals surface area (Å²) < 4.78 is 63.7. The lowest BCUT2D eigenvalue weighted by molar-refractivity contribution is -0.314. The summed E-state index contributed by atoms with van der Waals surface area (Å²) in [5.41, 5.74) is 4.89. The lowest BCUT2D eigenvalue weighted by atomic mass is 9.95. The van der Waals surface area contributed by atoms with Crippen LogP contribution in [0.15, 0.2) is 212 Å². The Labute approximate surface area is 718 Å². The SMILES string of the molecule is O=C(O)CN(CCN(CC(=O)O)CC(=O)O)CCN(CC(=O)O)CC(=O)N[C@H]1[C@H](O[C@@H](COCc2ccccc2)[C@@H](OCc2ccccc2)[C@H](OCc2ccccc2)[C@@H](COCc2ccccc2)NC(=O)CN(CCN(CCN(CC(=O)O)CC(=O)O)CC(=O)O)CC(=O)O)O[C@H](COCc2ccccc2)[C@@H](OCc2ccccc2)[C@@H]1OCc1ccccc1. The summed E-state index contributed by atoms with van der Waals surface area (Å²) in [7, 11) is 0. The van der Waals surface area contributed by atoms with E-state index >= 15 is 9.59 Å². The second kappa shape index (κ2) is 54.3. The van der Waals surface area contributed by atoms with E-state index in [0.29, 0.717) is 22.3 Å². The standard InChI is InChI=1S/C89H110N8O27/c98-74(44-94(48-78(104)105)40-36-92(46-76(100)101)38-42-96(50-80(108)109)51-81(110)111)90-71(61-116-54-64-22-8-1-9-23-64)85(119-57-67-28-14-4-15-29-67)86(120-58-68-30-16-5-17-31-68)72(62-117-55-65-24-10-2-11-25-65)123-89-84(91-75(99)45-95(49-79(106)107)41-37-93(47-77(102)103)39-43-97(52-82(112)113)53-83(114)115)88(122-60-70-34-20-7-21-35-70)87(121-59-69-32-18-6-19-33-69)73(124-89)63-118-56-66-26-12-3-13-27-66/h1-35,71-73,84-89H,36-63H2,(H,90,98)(H,91,99)(H,100,101)(H,102,103)(H,104,105)(H,106,107)(H,108,109)(H,110,111)(H,112,113)(H,114,115)/t71-,72+,73-,84-,85-,86-,87-,88-,89-/m1/s1. The van der Waals surface area contributed by atoms with Gasteiger partial charge in [-0.1, -0.05) is 212 Å². The number of hydrogen-bond acceptors (Lipinski definition) is 25. The van der Waals surface area contributed by atoms with Gasteiger partial charge in [0.15, 0.2) is 6.29 Å². The average Bonchev–Trinajstić information content (AvgIpc) is 0.775. The van der Waals surface area contributed by atoms with Crippen LogP contribution in [0.4, 0.5) is 0 Å². The van der Waals surface area contributed by atoms with E-state index in [4.69, 9.17) is 42.6 Å². The first-order valence-corrected chi connectivity index (χ1v) is 40.3. The molecular formula is C89H110N8O27. The van der Waals surface area contributed by atoms with Crippen molar-refractivity contribution >= 4 is 59.6 Å². The van der Waals surface area contributed by atoms with Crippen molar-refractivity contribution in [2.75, 3.05) is 138 Å². The van der Waals surface area contributed by atoms with Gasteiger partial charge in [-0.2, -0.15) is 0 Å². The molecule has 1 aliphatic rings. The molecule has 668 valence electrons. The minimum Gasteiger partial charge on any atom is -0.480 e. The first-order valence-electron chi connectivity index (χ1n) is 40.3. The fourth-order valence-electron chi connectivity index (χ4n) is 13.8. The molecule has 8 rings (SSSR count). The molecule has 1 fully saturated rings. The minimum absolute atomic E-state index is 0.0372. The van der Waals surface area contributed by atoms with Crippen molar-refractivity contribution in [3.05, 3.63) is 251 Å². The van der Waals surface area contributed by atoms with E-state index in [1.807, 2.05) is 182 Å². The smallest absolute Gasteiger partial charge is 0.317 e. The van der Waals surface area contributed by atoms with Gasteiger partial charge < -0.3 is 94.1 Å². The van der Waals surface area contributed by atoms with Crippen molar-refractivity contribution in [2.24, 2.45) is 0 Å². The lowest BCUT2D eigenvalue weighted by Crippen LogP contribution is -2.68. The van der Waals surface area contributed by atoms with Crippen molar-refractivity contribution < 1.29 is 131 Å². The van der Waals surface area contributed by atoms with Crippen LogP contribution in [0.3, 0.4) is 0 Å². The minimum atomic E-state index is -1.74. The van der Waals surface area contributed by atoms with Gasteiger partial charge >= 0.3 is 47.8 Å². The summed E-state index contributed by atoms with van der Waals surface area (Å²) in [6.45, 7) is -10.4. The van der Waals surface area contributed by atoms with Gasteiger partial charge in [0.25, 0.3) is 0 Å². The summed E-state index contributed by atoms with van der Waals surface area (Å²) in [6.07, 6.45) is -9.88. The number of benzene rings is 7. The molecule has 7 aromatic carbocycles. The molecule has 0 spiro atoms. The molecule has 1 saturated heterocycles. The first kappa shape index (κ1) is 98.1. The molecule has 35 heteroatoms. The monoisotopic (exact) mass is 1720 g/mol. The predicted octanol–water partition coefficient (Wildman–Crippen LogP) is 4.55. The van der Waals surface area contributed by atoms with Gasteiger partial charge in [0.05, 0.1) is 138 Å². The largest absolute Gasteiger partial charge is 0.480 e. The second-order valence-electron chi connectivity index (χ2n) is 29.6. The highest BCUT2D eigenvalue weighted by Gasteiger charge is 2.52. The number of carboxylic acids is 8. The number of amides is 2. The van der Waals surface area contributed by atoms with Gasteiger partial charge in [0, 0.05) is 52.4 Å². The Morgan fingerprint density at radius 3 is 0.952 bits per heavy atom.